The summed E-state index contributed by atoms with van der Waals surface area (Å²) in [5.41, 5.74) is 5.42. The Kier molecular flexibility index (Phi) is 6.71. The fourth-order valence-electron chi connectivity index (χ4n) is 2.83. The van der Waals surface area contributed by atoms with Gasteiger partial charge in [-0.15, -0.1) is 0 Å². The summed E-state index contributed by atoms with van der Waals surface area (Å²) in [6, 6.07) is 5.37. The van der Waals surface area contributed by atoms with Gasteiger partial charge in [0.2, 0.25) is 0 Å². The highest BCUT2D eigenvalue weighted by molar-refractivity contribution is 5.78. The lowest BCUT2D eigenvalue weighted by Gasteiger charge is -2.20. The molecule has 1 aliphatic heterocycles. The van der Waals surface area contributed by atoms with E-state index in [0.717, 1.165) is 31.6 Å². The van der Waals surface area contributed by atoms with Gasteiger partial charge in [0.1, 0.15) is 0 Å². The van der Waals surface area contributed by atoms with E-state index in [4.69, 9.17) is 5.73 Å². The number of nitrogens with zero attached hydrogens (tertiary/aromatic N) is 2. The van der Waals surface area contributed by atoms with Gasteiger partial charge >= 0.3 is 6.18 Å². The Morgan fingerprint density at radius 1 is 1.44 bits per heavy atom. The molecule has 0 saturated carbocycles. The number of halogens is 3. The summed E-state index contributed by atoms with van der Waals surface area (Å²) in [4.78, 5) is 6.70. The number of hydrogen-bond acceptors (Lipinski definition) is 2. The van der Waals surface area contributed by atoms with E-state index in [9.17, 15) is 13.2 Å². The lowest BCUT2D eigenvalue weighted by Crippen LogP contribution is -2.35. The molecule has 3 N–H and O–H groups in total. The summed E-state index contributed by atoms with van der Waals surface area (Å²) in [7, 11) is 0. The van der Waals surface area contributed by atoms with Crippen molar-refractivity contribution in [1.29, 1.82) is 0 Å². The number of rotatable bonds is 4. The number of hydrogen-bond donors (Lipinski definition) is 2. The summed E-state index contributed by atoms with van der Waals surface area (Å²) in [6.45, 7) is 5.12. The molecule has 0 amide bonds. The van der Waals surface area contributed by atoms with Crippen molar-refractivity contribution in [2.45, 2.75) is 32.0 Å². The van der Waals surface area contributed by atoms with Gasteiger partial charge in [-0.3, -0.25) is 9.89 Å². The number of alkyl halides is 3. The molecule has 0 radical (unpaired) electrons. The van der Waals surface area contributed by atoms with Crippen LogP contribution in [-0.4, -0.2) is 43.1 Å². The first kappa shape index (κ1) is 19.1. The van der Waals surface area contributed by atoms with Crippen LogP contribution in [0.25, 0.3) is 0 Å². The molecule has 2 rings (SSSR count). The first-order chi connectivity index (χ1) is 11.9. The Labute approximate surface area is 146 Å². The Hall–Kier alpha value is -2.20. The first-order valence-electron chi connectivity index (χ1n) is 8.34. The SMILES string of the molecule is CCN1CCCC1CN=C(N)NCC#Cc1cccc(C(F)(F)F)c1. The van der Waals surface area contributed by atoms with Gasteiger partial charge in [0.25, 0.3) is 0 Å². The van der Waals surface area contributed by atoms with Gasteiger partial charge in [-0.1, -0.05) is 24.8 Å². The third-order valence-electron chi connectivity index (χ3n) is 4.16. The predicted octanol–water partition coefficient (Wildman–Crippen LogP) is 2.45. The number of nitrogens with two attached hydrogens (primary N) is 1. The van der Waals surface area contributed by atoms with Crippen LogP contribution in [0.15, 0.2) is 29.3 Å². The Bertz CT molecular complexity index is 658. The standard InChI is InChI=1S/C18H23F3N4/c1-2-25-11-5-9-16(25)13-24-17(22)23-10-4-7-14-6-3-8-15(12-14)18(19,20)21/h3,6,8,12,16H,2,5,9-11,13H2,1H3,(H3,22,23,24). The Morgan fingerprint density at radius 2 is 2.24 bits per heavy atom. The second-order valence-corrected chi connectivity index (χ2v) is 5.88. The van der Waals surface area contributed by atoms with Crippen molar-refractivity contribution in [2.75, 3.05) is 26.2 Å². The molecule has 0 aromatic heterocycles. The molecule has 7 heteroatoms. The lowest BCUT2D eigenvalue weighted by molar-refractivity contribution is -0.137. The summed E-state index contributed by atoms with van der Waals surface area (Å²) >= 11 is 0. The van der Waals surface area contributed by atoms with Crippen LogP contribution in [0.2, 0.25) is 0 Å². The number of nitrogens with one attached hydrogen (secondary N) is 1. The van der Waals surface area contributed by atoms with Crippen LogP contribution < -0.4 is 11.1 Å². The number of likely N-dealkylation sites (N-methyl/N-ethyl adjacent to an activating group) is 1. The molecule has 1 heterocycles. The first-order valence-corrected chi connectivity index (χ1v) is 8.34. The van der Waals surface area contributed by atoms with Gasteiger partial charge in [0, 0.05) is 11.6 Å². The van der Waals surface area contributed by atoms with E-state index >= 15 is 0 Å². The van der Waals surface area contributed by atoms with Crippen LogP contribution in [0.3, 0.4) is 0 Å². The summed E-state index contributed by atoms with van der Waals surface area (Å²) < 4.78 is 37.9. The van der Waals surface area contributed by atoms with E-state index in [-0.39, 0.29) is 6.54 Å². The van der Waals surface area contributed by atoms with E-state index in [1.807, 2.05) is 0 Å². The third-order valence-corrected chi connectivity index (χ3v) is 4.16. The molecule has 0 aliphatic carbocycles. The summed E-state index contributed by atoms with van der Waals surface area (Å²) in [5.74, 6) is 5.76. The van der Waals surface area contributed by atoms with Gasteiger partial charge in [-0.2, -0.15) is 13.2 Å². The van der Waals surface area contributed by atoms with Crippen molar-refractivity contribution < 1.29 is 13.2 Å². The van der Waals surface area contributed by atoms with Crippen LogP contribution in [0.1, 0.15) is 30.9 Å². The van der Waals surface area contributed by atoms with Crippen molar-refractivity contribution in [3.63, 3.8) is 0 Å². The zero-order chi connectivity index (χ0) is 18.3. The fourth-order valence-corrected chi connectivity index (χ4v) is 2.83. The molecule has 1 aromatic carbocycles. The molecule has 0 bridgehead atoms. The predicted molar refractivity (Wildman–Crippen MR) is 93.1 cm³/mol. The Morgan fingerprint density at radius 3 is 2.96 bits per heavy atom. The van der Waals surface area contributed by atoms with Crippen molar-refractivity contribution in [1.82, 2.24) is 10.2 Å². The van der Waals surface area contributed by atoms with Crippen LogP contribution >= 0.6 is 0 Å². The van der Waals surface area contributed by atoms with E-state index in [1.165, 1.54) is 12.5 Å². The maximum atomic E-state index is 12.6. The molecular weight excluding hydrogens is 329 g/mol. The highest BCUT2D eigenvalue weighted by Gasteiger charge is 2.30. The van der Waals surface area contributed by atoms with E-state index in [0.29, 0.717) is 24.1 Å². The average Bonchev–Trinajstić information content (AvgIpc) is 3.04. The highest BCUT2D eigenvalue weighted by Crippen LogP contribution is 2.29. The van der Waals surface area contributed by atoms with Crippen molar-refractivity contribution in [2.24, 2.45) is 10.7 Å². The van der Waals surface area contributed by atoms with E-state index in [2.05, 4.69) is 34.0 Å². The quantitative estimate of drug-likeness (QED) is 0.497. The molecule has 1 unspecified atom stereocenters. The molecule has 4 nitrogen and oxygen atoms in total. The minimum atomic E-state index is -4.36. The molecule has 1 aliphatic rings. The van der Waals surface area contributed by atoms with Gasteiger partial charge < -0.3 is 11.1 Å². The number of aliphatic imine (C=N–C) groups is 1. The van der Waals surface area contributed by atoms with Crippen LogP contribution in [-0.2, 0) is 6.18 Å². The van der Waals surface area contributed by atoms with E-state index in [1.54, 1.807) is 6.07 Å². The summed E-state index contributed by atoms with van der Waals surface area (Å²) in [6.07, 6.45) is -2.05. The zero-order valence-corrected chi connectivity index (χ0v) is 14.2. The zero-order valence-electron chi connectivity index (χ0n) is 14.2. The number of likely N-dealkylation sites (tertiary alicyclic amines) is 1. The van der Waals surface area contributed by atoms with Crippen LogP contribution in [0.5, 0.6) is 0 Å². The Balaban J connectivity index is 1.82. The topological polar surface area (TPSA) is 53.6 Å². The van der Waals surface area contributed by atoms with Crippen LogP contribution in [0, 0.1) is 11.8 Å². The van der Waals surface area contributed by atoms with Gasteiger partial charge in [0.05, 0.1) is 18.7 Å². The second kappa shape index (κ2) is 8.77. The molecule has 0 spiro atoms. The summed E-state index contributed by atoms with van der Waals surface area (Å²) in [5, 5.41) is 2.87. The lowest BCUT2D eigenvalue weighted by atomic mass is 10.1. The molecule has 1 atom stereocenters. The molecule has 25 heavy (non-hydrogen) atoms. The normalized spacial score (nSPS) is 18.7. The van der Waals surface area contributed by atoms with Crippen molar-refractivity contribution in [3.05, 3.63) is 35.4 Å². The maximum absolute atomic E-state index is 12.6. The third kappa shape index (κ3) is 5.98. The van der Waals surface area contributed by atoms with Crippen molar-refractivity contribution >= 4 is 5.96 Å². The largest absolute Gasteiger partial charge is 0.416 e. The minimum Gasteiger partial charge on any atom is -0.370 e. The maximum Gasteiger partial charge on any atom is 0.416 e. The van der Waals surface area contributed by atoms with Gasteiger partial charge in [-0.05, 0) is 44.1 Å². The average molecular weight is 352 g/mol. The fraction of sp³-hybridized carbons (Fsp3) is 0.500. The number of guanidine groups is 1. The van der Waals surface area contributed by atoms with Gasteiger partial charge in [0.15, 0.2) is 5.96 Å². The van der Waals surface area contributed by atoms with E-state index < -0.39 is 11.7 Å². The second-order valence-electron chi connectivity index (χ2n) is 5.88. The van der Waals surface area contributed by atoms with Crippen LogP contribution in [0.4, 0.5) is 13.2 Å². The number of benzene rings is 1. The smallest absolute Gasteiger partial charge is 0.370 e. The monoisotopic (exact) mass is 352 g/mol. The molecule has 1 fully saturated rings. The molecule has 1 aromatic rings. The van der Waals surface area contributed by atoms with Crippen molar-refractivity contribution in [3.8, 4) is 11.8 Å². The van der Waals surface area contributed by atoms with Gasteiger partial charge in [-0.25, -0.2) is 0 Å². The molecule has 136 valence electrons. The molecule has 1 saturated heterocycles. The molecular formula is C18H23F3N4. The highest BCUT2D eigenvalue weighted by atomic mass is 19.4. The minimum absolute atomic E-state index is 0.230.